The summed E-state index contributed by atoms with van der Waals surface area (Å²) in [7, 11) is 0. The lowest BCUT2D eigenvalue weighted by atomic mass is 9.87. The monoisotopic (exact) mass is 190 g/mol. The molecular formula is C11H14N2O. The summed E-state index contributed by atoms with van der Waals surface area (Å²) >= 11 is 0. The van der Waals surface area contributed by atoms with Gasteiger partial charge in [0.1, 0.15) is 0 Å². The first kappa shape index (κ1) is 10.7. The minimum atomic E-state index is -0.638. The van der Waals surface area contributed by atoms with Crippen molar-refractivity contribution in [3.05, 3.63) is 35.4 Å². The zero-order valence-corrected chi connectivity index (χ0v) is 8.20. The number of nitriles is 1. The van der Waals surface area contributed by atoms with Gasteiger partial charge in [-0.1, -0.05) is 18.2 Å². The van der Waals surface area contributed by atoms with E-state index in [0.717, 1.165) is 5.56 Å². The van der Waals surface area contributed by atoms with Crippen molar-refractivity contribution < 1.29 is 5.11 Å². The molecule has 0 fully saturated rings. The van der Waals surface area contributed by atoms with Crippen LogP contribution in [-0.2, 0) is 5.54 Å². The van der Waals surface area contributed by atoms with Gasteiger partial charge in [-0.2, -0.15) is 5.26 Å². The molecule has 14 heavy (non-hydrogen) atoms. The number of nitrogens with two attached hydrogens (primary N) is 1. The highest BCUT2D eigenvalue weighted by molar-refractivity contribution is 5.41. The molecule has 0 radical (unpaired) electrons. The molecule has 0 amide bonds. The van der Waals surface area contributed by atoms with Crippen molar-refractivity contribution in [2.24, 2.45) is 5.73 Å². The Balaban J connectivity index is 3.12. The molecule has 1 aromatic rings. The van der Waals surface area contributed by atoms with Gasteiger partial charge in [0, 0.05) is 12.1 Å². The Morgan fingerprint density at radius 3 is 2.71 bits per heavy atom. The summed E-state index contributed by atoms with van der Waals surface area (Å²) in [6.07, 6.45) is 0.450. The summed E-state index contributed by atoms with van der Waals surface area (Å²) in [6, 6.07) is 9.31. The number of aliphatic hydroxyl groups excluding tert-OH is 1. The van der Waals surface area contributed by atoms with E-state index in [-0.39, 0.29) is 6.61 Å². The van der Waals surface area contributed by atoms with E-state index in [4.69, 9.17) is 16.1 Å². The number of hydrogen-bond acceptors (Lipinski definition) is 3. The molecule has 1 aromatic carbocycles. The molecule has 0 bridgehead atoms. The molecule has 0 saturated heterocycles. The van der Waals surface area contributed by atoms with E-state index in [2.05, 4.69) is 6.07 Å². The van der Waals surface area contributed by atoms with Crippen molar-refractivity contribution in [2.45, 2.75) is 18.9 Å². The quantitative estimate of drug-likeness (QED) is 0.750. The van der Waals surface area contributed by atoms with Gasteiger partial charge in [-0.05, 0) is 25.0 Å². The second-order valence-electron chi connectivity index (χ2n) is 3.55. The first-order chi connectivity index (χ1) is 6.61. The molecule has 0 heterocycles. The third-order valence-electron chi connectivity index (χ3n) is 2.29. The lowest BCUT2D eigenvalue weighted by molar-refractivity contribution is 0.247. The van der Waals surface area contributed by atoms with Crippen LogP contribution in [0.4, 0.5) is 0 Å². The van der Waals surface area contributed by atoms with Gasteiger partial charge in [0.25, 0.3) is 0 Å². The predicted octanol–water partition coefficient (Wildman–Crippen LogP) is 1.11. The van der Waals surface area contributed by atoms with E-state index < -0.39 is 5.54 Å². The molecule has 3 N–H and O–H groups in total. The molecule has 0 saturated carbocycles. The van der Waals surface area contributed by atoms with Gasteiger partial charge in [-0.25, -0.2) is 0 Å². The van der Waals surface area contributed by atoms with Crippen LogP contribution in [0.15, 0.2) is 24.3 Å². The number of hydrogen-bond donors (Lipinski definition) is 2. The third kappa shape index (κ3) is 2.11. The van der Waals surface area contributed by atoms with Crippen LogP contribution in [0.2, 0.25) is 0 Å². The van der Waals surface area contributed by atoms with E-state index in [1.165, 1.54) is 0 Å². The maximum Gasteiger partial charge on any atom is 0.0995 e. The molecule has 1 atom stereocenters. The van der Waals surface area contributed by atoms with Crippen molar-refractivity contribution in [3.63, 3.8) is 0 Å². The largest absolute Gasteiger partial charge is 0.396 e. The fourth-order valence-electron chi connectivity index (χ4n) is 1.45. The second kappa shape index (κ2) is 4.23. The van der Waals surface area contributed by atoms with Gasteiger partial charge >= 0.3 is 0 Å². The molecule has 3 heteroatoms. The first-order valence-electron chi connectivity index (χ1n) is 4.51. The summed E-state index contributed by atoms with van der Waals surface area (Å²) in [5.74, 6) is 0. The molecule has 3 nitrogen and oxygen atoms in total. The number of aliphatic hydroxyl groups is 1. The molecule has 0 aliphatic heterocycles. The Hall–Kier alpha value is -1.37. The van der Waals surface area contributed by atoms with Crippen molar-refractivity contribution >= 4 is 0 Å². The van der Waals surface area contributed by atoms with Crippen molar-refractivity contribution in [1.29, 1.82) is 5.26 Å². The average molecular weight is 190 g/mol. The Morgan fingerprint density at radius 2 is 2.14 bits per heavy atom. The van der Waals surface area contributed by atoms with Crippen LogP contribution in [0.5, 0.6) is 0 Å². The highest BCUT2D eigenvalue weighted by atomic mass is 16.3. The standard InChI is InChI=1S/C11H14N2O/c1-11(13,6-7-14)10-5-3-2-4-9(10)8-12/h2-5,14H,6-7,13H2,1H3/t11-/m0/s1. The minimum Gasteiger partial charge on any atom is -0.396 e. The van der Waals surface area contributed by atoms with Crippen molar-refractivity contribution in [2.75, 3.05) is 6.61 Å². The maximum absolute atomic E-state index is 8.88. The molecular weight excluding hydrogens is 176 g/mol. The van der Waals surface area contributed by atoms with Gasteiger partial charge in [0.05, 0.1) is 11.6 Å². The van der Waals surface area contributed by atoms with Crippen molar-refractivity contribution in [3.8, 4) is 6.07 Å². The Labute approximate surface area is 83.8 Å². The molecule has 1 rings (SSSR count). The smallest absolute Gasteiger partial charge is 0.0995 e. The topological polar surface area (TPSA) is 70.0 Å². The second-order valence-corrected chi connectivity index (χ2v) is 3.55. The van der Waals surface area contributed by atoms with Gasteiger partial charge in [0.2, 0.25) is 0 Å². The lowest BCUT2D eigenvalue weighted by Gasteiger charge is -2.25. The Morgan fingerprint density at radius 1 is 1.50 bits per heavy atom. The zero-order valence-electron chi connectivity index (χ0n) is 8.20. The van der Waals surface area contributed by atoms with Gasteiger partial charge < -0.3 is 10.8 Å². The van der Waals surface area contributed by atoms with Crippen molar-refractivity contribution in [1.82, 2.24) is 0 Å². The summed E-state index contributed by atoms with van der Waals surface area (Å²) in [5.41, 5.74) is 6.74. The highest BCUT2D eigenvalue weighted by Crippen LogP contribution is 2.24. The van der Waals surface area contributed by atoms with E-state index >= 15 is 0 Å². The fourth-order valence-corrected chi connectivity index (χ4v) is 1.45. The van der Waals surface area contributed by atoms with Crippen LogP contribution in [0.25, 0.3) is 0 Å². The number of nitrogens with zero attached hydrogens (tertiary/aromatic N) is 1. The SMILES string of the molecule is C[C@](N)(CCO)c1ccccc1C#N. The summed E-state index contributed by atoms with van der Waals surface area (Å²) in [5, 5.41) is 17.7. The number of rotatable bonds is 3. The third-order valence-corrected chi connectivity index (χ3v) is 2.29. The van der Waals surface area contributed by atoms with Crippen LogP contribution in [0, 0.1) is 11.3 Å². The molecule has 74 valence electrons. The fraction of sp³-hybridized carbons (Fsp3) is 0.364. The molecule has 0 aliphatic carbocycles. The van der Waals surface area contributed by atoms with Crippen LogP contribution in [0.3, 0.4) is 0 Å². The maximum atomic E-state index is 8.88. The minimum absolute atomic E-state index is 0.0206. The Bertz CT molecular complexity index is 353. The van der Waals surface area contributed by atoms with Gasteiger partial charge in [0.15, 0.2) is 0 Å². The summed E-state index contributed by atoms with van der Waals surface area (Å²) in [6.45, 7) is 1.84. The first-order valence-corrected chi connectivity index (χ1v) is 4.51. The summed E-state index contributed by atoms with van der Waals surface area (Å²) < 4.78 is 0. The normalized spacial score (nSPS) is 14.4. The van der Waals surface area contributed by atoms with Crippen LogP contribution in [-0.4, -0.2) is 11.7 Å². The molecule has 0 aliphatic rings. The predicted molar refractivity (Wildman–Crippen MR) is 54.4 cm³/mol. The highest BCUT2D eigenvalue weighted by Gasteiger charge is 2.23. The number of benzene rings is 1. The van der Waals surface area contributed by atoms with Gasteiger partial charge in [-0.15, -0.1) is 0 Å². The zero-order chi connectivity index (χ0) is 10.6. The van der Waals surface area contributed by atoms with Crippen LogP contribution >= 0.6 is 0 Å². The van der Waals surface area contributed by atoms with E-state index in [9.17, 15) is 0 Å². The molecule has 0 aromatic heterocycles. The average Bonchev–Trinajstić information content (AvgIpc) is 2.18. The van der Waals surface area contributed by atoms with E-state index in [0.29, 0.717) is 12.0 Å². The van der Waals surface area contributed by atoms with Crippen LogP contribution < -0.4 is 5.73 Å². The Kier molecular flexibility index (Phi) is 3.23. The molecule has 0 unspecified atom stereocenters. The molecule has 0 spiro atoms. The lowest BCUT2D eigenvalue weighted by Crippen LogP contribution is -2.34. The summed E-state index contributed by atoms with van der Waals surface area (Å²) in [4.78, 5) is 0. The van der Waals surface area contributed by atoms with Crippen LogP contribution in [0.1, 0.15) is 24.5 Å². The van der Waals surface area contributed by atoms with Gasteiger partial charge in [-0.3, -0.25) is 0 Å². The van der Waals surface area contributed by atoms with E-state index in [1.807, 2.05) is 19.1 Å². The van der Waals surface area contributed by atoms with E-state index in [1.54, 1.807) is 12.1 Å².